The van der Waals surface area contributed by atoms with Crippen molar-refractivity contribution in [1.82, 2.24) is 4.90 Å². The first-order valence-electron chi connectivity index (χ1n) is 8.32. The van der Waals surface area contributed by atoms with Gasteiger partial charge in [0.05, 0.1) is 0 Å². The Balaban J connectivity index is 1.70. The molecule has 0 fully saturated rings. The fourth-order valence-corrected chi connectivity index (χ4v) is 3.16. The molecule has 126 valence electrons. The smallest absolute Gasteiger partial charge is 0.260 e. The highest BCUT2D eigenvalue weighted by Crippen LogP contribution is 2.25. The Labute approximate surface area is 143 Å². The number of ether oxygens (including phenoxy) is 1. The SMILES string of the molecule is Cc1cccc(C)c1OCC(=O)N1CCN(C)c2ccccc2C1. The van der Waals surface area contributed by atoms with Gasteiger partial charge in [0.15, 0.2) is 6.61 Å². The third kappa shape index (κ3) is 3.37. The first kappa shape index (κ1) is 16.4. The number of amides is 1. The molecular formula is C20H24N2O2. The molecule has 1 aliphatic rings. The summed E-state index contributed by atoms with van der Waals surface area (Å²) in [5.41, 5.74) is 4.49. The Morgan fingerprint density at radius 3 is 2.50 bits per heavy atom. The van der Waals surface area contributed by atoms with Crippen LogP contribution in [-0.4, -0.2) is 37.6 Å². The molecule has 1 aliphatic heterocycles. The van der Waals surface area contributed by atoms with Crippen molar-refractivity contribution in [3.63, 3.8) is 0 Å². The highest BCUT2D eigenvalue weighted by Gasteiger charge is 2.21. The van der Waals surface area contributed by atoms with Gasteiger partial charge in [0.2, 0.25) is 0 Å². The number of likely N-dealkylation sites (N-methyl/N-ethyl adjacent to an activating group) is 1. The Morgan fingerprint density at radius 2 is 1.75 bits per heavy atom. The van der Waals surface area contributed by atoms with Crippen LogP contribution >= 0.6 is 0 Å². The van der Waals surface area contributed by atoms with Gasteiger partial charge in [-0.05, 0) is 36.6 Å². The number of hydrogen-bond acceptors (Lipinski definition) is 3. The van der Waals surface area contributed by atoms with E-state index in [-0.39, 0.29) is 12.5 Å². The molecule has 0 atom stereocenters. The monoisotopic (exact) mass is 324 g/mol. The summed E-state index contributed by atoms with van der Waals surface area (Å²) in [7, 11) is 2.07. The average molecular weight is 324 g/mol. The quantitative estimate of drug-likeness (QED) is 0.869. The third-order valence-electron chi connectivity index (χ3n) is 4.57. The largest absolute Gasteiger partial charge is 0.483 e. The van der Waals surface area contributed by atoms with Crippen LogP contribution in [0.25, 0.3) is 0 Å². The molecule has 1 heterocycles. The van der Waals surface area contributed by atoms with Crippen LogP contribution in [-0.2, 0) is 11.3 Å². The van der Waals surface area contributed by atoms with Crippen molar-refractivity contribution in [2.45, 2.75) is 20.4 Å². The summed E-state index contributed by atoms with van der Waals surface area (Å²) in [6, 6.07) is 14.3. The number of carbonyl (C=O) groups excluding carboxylic acids is 1. The van der Waals surface area contributed by atoms with E-state index in [9.17, 15) is 4.79 Å². The minimum Gasteiger partial charge on any atom is -0.483 e. The van der Waals surface area contributed by atoms with Crippen LogP contribution in [0.5, 0.6) is 5.75 Å². The Bertz CT molecular complexity index is 722. The normalized spacial score (nSPS) is 14.1. The summed E-state index contributed by atoms with van der Waals surface area (Å²) in [6.45, 7) is 6.26. The van der Waals surface area contributed by atoms with E-state index in [1.54, 1.807) is 0 Å². The van der Waals surface area contributed by atoms with E-state index in [4.69, 9.17) is 4.74 Å². The van der Waals surface area contributed by atoms with Crippen molar-refractivity contribution in [1.29, 1.82) is 0 Å². The molecule has 3 rings (SSSR count). The van der Waals surface area contributed by atoms with Gasteiger partial charge in [-0.2, -0.15) is 0 Å². The van der Waals surface area contributed by atoms with E-state index < -0.39 is 0 Å². The lowest BCUT2D eigenvalue weighted by atomic mass is 10.1. The first-order valence-corrected chi connectivity index (χ1v) is 8.32. The topological polar surface area (TPSA) is 32.8 Å². The van der Waals surface area contributed by atoms with Gasteiger partial charge in [-0.3, -0.25) is 4.79 Å². The number of benzene rings is 2. The maximum absolute atomic E-state index is 12.6. The molecule has 0 aromatic heterocycles. The maximum atomic E-state index is 12.6. The fourth-order valence-electron chi connectivity index (χ4n) is 3.16. The van der Waals surface area contributed by atoms with Gasteiger partial charge in [-0.25, -0.2) is 0 Å². The number of carbonyl (C=O) groups is 1. The molecule has 0 saturated heterocycles. The van der Waals surface area contributed by atoms with Crippen LogP contribution in [0, 0.1) is 13.8 Å². The molecular weight excluding hydrogens is 300 g/mol. The molecule has 4 heteroatoms. The second-order valence-corrected chi connectivity index (χ2v) is 6.38. The molecule has 0 spiro atoms. The predicted molar refractivity (Wildman–Crippen MR) is 96.5 cm³/mol. The molecule has 0 bridgehead atoms. The van der Waals surface area contributed by atoms with E-state index in [1.165, 1.54) is 11.3 Å². The highest BCUT2D eigenvalue weighted by molar-refractivity contribution is 5.78. The number of fused-ring (bicyclic) bond motifs is 1. The molecule has 0 N–H and O–H groups in total. The molecule has 4 nitrogen and oxygen atoms in total. The zero-order chi connectivity index (χ0) is 17.1. The first-order chi connectivity index (χ1) is 11.6. The van der Waals surface area contributed by atoms with E-state index in [2.05, 4.69) is 24.1 Å². The van der Waals surface area contributed by atoms with Crippen molar-refractivity contribution in [2.24, 2.45) is 0 Å². The average Bonchev–Trinajstić information content (AvgIpc) is 2.74. The zero-order valence-corrected chi connectivity index (χ0v) is 14.6. The minimum atomic E-state index is 0.0303. The van der Waals surface area contributed by atoms with Gasteiger partial charge in [0.1, 0.15) is 5.75 Å². The van der Waals surface area contributed by atoms with Gasteiger partial charge >= 0.3 is 0 Å². The van der Waals surface area contributed by atoms with Crippen molar-refractivity contribution in [3.05, 3.63) is 59.2 Å². The van der Waals surface area contributed by atoms with Crippen molar-refractivity contribution in [3.8, 4) is 5.75 Å². The van der Waals surface area contributed by atoms with Crippen molar-refractivity contribution in [2.75, 3.05) is 31.6 Å². The summed E-state index contributed by atoms with van der Waals surface area (Å²) in [5.74, 6) is 0.848. The summed E-state index contributed by atoms with van der Waals surface area (Å²) >= 11 is 0. The standard InChI is InChI=1S/C20H24N2O2/c1-15-7-6-8-16(2)20(15)24-14-19(23)22-12-11-21(3)18-10-5-4-9-17(18)13-22/h4-10H,11-14H2,1-3H3. The number of para-hydroxylation sites is 2. The summed E-state index contributed by atoms with van der Waals surface area (Å²) in [6.07, 6.45) is 0. The Kier molecular flexibility index (Phi) is 4.74. The van der Waals surface area contributed by atoms with Gasteiger partial charge < -0.3 is 14.5 Å². The van der Waals surface area contributed by atoms with Crippen LogP contribution in [0.3, 0.4) is 0 Å². The zero-order valence-electron chi connectivity index (χ0n) is 14.6. The predicted octanol–water partition coefficient (Wildman–Crippen LogP) is 3.16. The number of rotatable bonds is 3. The fraction of sp³-hybridized carbons (Fsp3) is 0.350. The van der Waals surface area contributed by atoms with Crippen LogP contribution < -0.4 is 9.64 Å². The highest BCUT2D eigenvalue weighted by atomic mass is 16.5. The van der Waals surface area contributed by atoms with Gasteiger partial charge in [-0.1, -0.05) is 36.4 Å². The molecule has 0 saturated carbocycles. The number of anilines is 1. The van der Waals surface area contributed by atoms with Crippen molar-refractivity contribution >= 4 is 11.6 Å². The molecule has 0 radical (unpaired) electrons. The van der Waals surface area contributed by atoms with Gasteiger partial charge in [0, 0.05) is 32.4 Å². The lowest BCUT2D eigenvalue weighted by Gasteiger charge is -2.21. The lowest BCUT2D eigenvalue weighted by molar-refractivity contribution is -0.133. The summed E-state index contributed by atoms with van der Waals surface area (Å²) < 4.78 is 5.83. The van der Waals surface area contributed by atoms with Gasteiger partial charge in [0.25, 0.3) is 5.91 Å². The van der Waals surface area contributed by atoms with E-state index >= 15 is 0 Å². The molecule has 2 aromatic rings. The Morgan fingerprint density at radius 1 is 1.04 bits per heavy atom. The van der Waals surface area contributed by atoms with E-state index in [0.29, 0.717) is 13.1 Å². The van der Waals surface area contributed by atoms with Crippen LogP contribution in [0.1, 0.15) is 16.7 Å². The number of aryl methyl sites for hydroxylation is 2. The van der Waals surface area contributed by atoms with Gasteiger partial charge in [-0.15, -0.1) is 0 Å². The Hall–Kier alpha value is -2.49. The van der Waals surface area contributed by atoms with Crippen LogP contribution in [0.2, 0.25) is 0 Å². The molecule has 2 aromatic carbocycles. The molecule has 24 heavy (non-hydrogen) atoms. The van der Waals surface area contributed by atoms with E-state index in [1.807, 2.05) is 49.1 Å². The third-order valence-corrected chi connectivity index (χ3v) is 4.57. The number of nitrogens with zero attached hydrogens (tertiary/aromatic N) is 2. The van der Waals surface area contributed by atoms with Crippen LogP contribution in [0.4, 0.5) is 5.69 Å². The molecule has 1 amide bonds. The second kappa shape index (κ2) is 6.95. The minimum absolute atomic E-state index is 0.0303. The summed E-state index contributed by atoms with van der Waals surface area (Å²) in [5, 5.41) is 0. The molecule has 0 aliphatic carbocycles. The number of hydrogen-bond donors (Lipinski definition) is 0. The maximum Gasteiger partial charge on any atom is 0.260 e. The summed E-state index contributed by atoms with van der Waals surface area (Å²) in [4.78, 5) is 16.7. The second-order valence-electron chi connectivity index (χ2n) is 6.38. The lowest BCUT2D eigenvalue weighted by Crippen LogP contribution is -2.37. The van der Waals surface area contributed by atoms with Crippen LogP contribution in [0.15, 0.2) is 42.5 Å². The van der Waals surface area contributed by atoms with E-state index in [0.717, 1.165) is 23.4 Å². The molecule has 0 unspecified atom stereocenters. The van der Waals surface area contributed by atoms with Crippen molar-refractivity contribution < 1.29 is 9.53 Å².